The van der Waals surface area contributed by atoms with E-state index in [1.165, 1.54) is 12.1 Å². The third-order valence-electron chi connectivity index (χ3n) is 4.74. The van der Waals surface area contributed by atoms with Crippen LogP contribution in [0.5, 0.6) is 0 Å². The zero-order valence-electron chi connectivity index (χ0n) is 14.1. The second kappa shape index (κ2) is 7.76. The van der Waals surface area contributed by atoms with Crippen LogP contribution in [0.1, 0.15) is 36.4 Å². The smallest absolute Gasteiger partial charge is 0.222 e. The van der Waals surface area contributed by atoms with Gasteiger partial charge in [-0.15, -0.1) is 0 Å². The van der Waals surface area contributed by atoms with Crippen molar-refractivity contribution in [3.8, 4) is 0 Å². The number of halogens is 1. The van der Waals surface area contributed by atoms with E-state index in [0.717, 1.165) is 11.1 Å². The van der Waals surface area contributed by atoms with Crippen LogP contribution in [0.4, 0.5) is 4.39 Å². The molecule has 1 heterocycles. The minimum atomic E-state index is -0.603. The Morgan fingerprint density at radius 2 is 1.88 bits per heavy atom. The van der Waals surface area contributed by atoms with Gasteiger partial charge in [0, 0.05) is 25.7 Å². The lowest BCUT2D eigenvalue weighted by Crippen LogP contribution is -2.50. The van der Waals surface area contributed by atoms with Crippen LogP contribution in [-0.2, 0) is 15.1 Å². The number of carbonyl (C=O) groups is 1. The minimum Gasteiger partial charge on any atom is -0.381 e. The molecule has 1 saturated heterocycles. The van der Waals surface area contributed by atoms with Crippen molar-refractivity contribution >= 4 is 5.91 Å². The van der Waals surface area contributed by atoms with E-state index in [2.05, 4.69) is 5.32 Å². The standard InChI is InChI=1S/C20H23FN2O2/c21-17-8-4-7-16(13-17)20(9-11-25-12-10-20)23-19(24)14-18(22)15-5-2-1-3-6-15/h1-8,13,18H,9-12,14,22H2,(H,23,24). The SMILES string of the molecule is NC(CC(=O)NC1(c2cccc(F)c2)CCOCC1)c1ccccc1. The molecule has 0 aliphatic carbocycles. The van der Waals surface area contributed by atoms with Gasteiger partial charge in [0.2, 0.25) is 5.91 Å². The molecule has 4 nitrogen and oxygen atoms in total. The molecule has 5 heteroatoms. The Bertz CT molecular complexity index is 715. The summed E-state index contributed by atoms with van der Waals surface area (Å²) in [6.07, 6.45) is 1.41. The molecule has 1 unspecified atom stereocenters. The summed E-state index contributed by atoms with van der Waals surface area (Å²) in [5.41, 5.74) is 7.25. The van der Waals surface area contributed by atoms with E-state index < -0.39 is 5.54 Å². The van der Waals surface area contributed by atoms with Crippen molar-refractivity contribution in [2.45, 2.75) is 30.8 Å². The Hall–Kier alpha value is -2.24. The van der Waals surface area contributed by atoms with E-state index in [1.54, 1.807) is 6.07 Å². The Balaban J connectivity index is 1.75. The first-order valence-corrected chi connectivity index (χ1v) is 8.54. The largest absolute Gasteiger partial charge is 0.381 e. The van der Waals surface area contributed by atoms with Crippen molar-refractivity contribution in [3.05, 3.63) is 71.5 Å². The molecule has 0 bridgehead atoms. The number of hydrogen-bond acceptors (Lipinski definition) is 3. The predicted molar refractivity (Wildman–Crippen MR) is 94.3 cm³/mol. The average molecular weight is 342 g/mol. The molecule has 0 spiro atoms. The highest BCUT2D eigenvalue weighted by atomic mass is 19.1. The Morgan fingerprint density at radius 3 is 2.56 bits per heavy atom. The van der Waals surface area contributed by atoms with Crippen LogP contribution in [0.2, 0.25) is 0 Å². The molecule has 3 N–H and O–H groups in total. The van der Waals surface area contributed by atoms with Crippen LogP contribution in [0.15, 0.2) is 54.6 Å². The molecule has 1 atom stereocenters. The van der Waals surface area contributed by atoms with E-state index in [1.807, 2.05) is 36.4 Å². The minimum absolute atomic E-state index is 0.137. The molecule has 1 fully saturated rings. The number of ether oxygens (including phenoxy) is 1. The van der Waals surface area contributed by atoms with Gasteiger partial charge in [-0.2, -0.15) is 0 Å². The highest BCUT2D eigenvalue weighted by molar-refractivity contribution is 5.78. The number of nitrogens with two attached hydrogens (primary N) is 1. The van der Waals surface area contributed by atoms with Crippen LogP contribution in [0, 0.1) is 5.82 Å². The van der Waals surface area contributed by atoms with Gasteiger partial charge < -0.3 is 15.8 Å². The van der Waals surface area contributed by atoms with Gasteiger partial charge in [0.25, 0.3) is 0 Å². The third kappa shape index (κ3) is 4.24. The molecular formula is C20H23FN2O2. The molecule has 1 amide bonds. The highest BCUT2D eigenvalue weighted by Gasteiger charge is 2.36. The lowest BCUT2D eigenvalue weighted by atomic mass is 9.82. The second-order valence-electron chi connectivity index (χ2n) is 6.47. The van der Waals surface area contributed by atoms with Gasteiger partial charge >= 0.3 is 0 Å². The maximum Gasteiger partial charge on any atom is 0.222 e. The fourth-order valence-corrected chi connectivity index (χ4v) is 3.33. The third-order valence-corrected chi connectivity index (χ3v) is 4.74. The fraction of sp³-hybridized carbons (Fsp3) is 0.350. The molecule has 2 aromatic carbocycles. The van der Waals surface area contributed by atoms with Gasteiger partial charge in [-0.25, -0.2) is 4.39 Å². The van der Waals surface area contributed by atoms with E-state index in [-0.39, 0.29) is 24.2 Å². The lowest BCUT2D eigenvalue weighted by molar-refractivity contribution is -0.124. The summed E-state index contributed by atoms with van der Waals surface area (Å²) >= 11 is 0. The summed E-state index contributed by atoms with van der Waals surface area (Å²) in [6, 6.07) is 15.6. The Kier molecular flexibility index (Phi) is 5.46. The number of benzene rings is 2. The molecule has 132 valence electrons. The zero-order chi connectivity index (χ0) is 17.7. The van der Waals surface area contributed by atoms with Gasteiger partial charge in [0.05, 0.1) is 5.54 Å². The first-order chi connectivity index (χ1) is 12.1. The summed E-state index contributed by atoms with van der Waals surface area (Å²) < 4.78 is 19.1. The lowest BCUT2D eigenvalue weighted by Gasteiger charge is -2.39. The second-order valence-corrected chi connectivity index (χ2v) is 6.47. The highest BCUT2D eigenvalue weighted by Crippen LogP contribution is 2.33. The molecule has 0 radical (unpaired) electrons. The summed E-state index contributed by atoms with van der Waals surface area (Å²) in [7, 11) is 0. The van der Waals surface area contributed by atoms with Crippen LogP contribution in [0.25, 0.3) is 0 Å². The first kappa shape index (κ1) is 17.6. The normalized spacial score (nSPS) is 17.7. The van der Waals surface area contributed by atoms with Crippen molar-refractivity contribution in [2.75, 3.05) is 13.2 Å². The number of rotatable bonds is 5. The molecule has 1 aliphatic heterocycles. The maximum absolute atomic E-state index is 13.7. The molecule has 25 heavy (non-hydrogen) atoms. The topological polar surface area (TPSA) is 64.4 Å². The first-order valence-electron chi connectivity index (χ1n) is 8.54. The van der Waals surface area contributed by atoms with E-state index in [9.17, 15) is 9.18 Å². The molecule has 3 rings (SSSR count). The predicted octanol–water partition coefficient (Wildman–Crippen LogP) is 3.04. The van der Waals surface area contributed by atoms with Crippen molar-refractivity contribution in [2.24, 2.45) is 5.73 Å². The summed E-state index contributed by atoms with van der Waals surface area (Å²) in [4.78, 5) is 12.6. The van der Waals surface area contributed by atoms with Crippen molar-refractivity contribution < 1.29 is 13.9 Å². The van der Waals surface area contributed by atoms with Gasteiger partial charge in [0.15, 0.2) is 0 Å². The molecule has 2 aromatic rings. The van der Waals surface area contributed by atoms with Crippen molar-refractivity contribution in [3.63, 3.8) is 0 Å². The van der Waals surface area contributed by atoms with E-state index in [4.69, 9.17) is 10.5 Å². The van der Waals surface area contributed by atoms with Crippen LogP contribution < -0.4 is 11.1 Å². The Morgan fingerprint density at radius 1 is 1.16 bits per heavy atom. The quantitative estimate of drug-likeness (QED) is 0.878. The van der Waals surface area contributed by atoms with Crippen LogP contribution in [0.3, 0.4) is 0 Å². The van der Waals surface area contributed by atoms with Gasteiger partial charge in [-0.05, 0) is 36.1 Å². The van der Waals surface area contributed by atoms with Gasteiger partial charge in [-0.1, -0.05) is 42.5 Å². The summed E-state index contributed by atoms with van der Waals surface area (Å²) in [5, 5.41) is 3.11. The molecule has 0 aromatic heterocycles. The molecular weight excluding hydrogens is 319 g/mol. The monoisotopic (exact) mass is 342 g/mol. The van der Waals surface area contributed by atoms with E-state index >= 15 is 0 Å². The number of hydrogen-bond donors (Lipinski definition) is 2. The van der Waals surface area contributed by atoms with Gasteiger partial charge in [-0.3, -0.25) is 4.79 Å². The number of carbonyl (C=O) groups excluding carboxylic acids is 1. The van der Waals surface area contributed by atoms with Crippen LogP contribution in [-0.4, -0.2) is 19.1 Å². The molecule has 0 saturated carbocycles. The van der Waals surface area contributed by atoms with E-state index in [0.29, 0.717) is 26.1 Å². The zero-order valence-corrected chi connectivity index (χ0v) is 14.1. The Labute approximate surface area is 147 Å². The maximum atomic E-state index is 13.7. The number of nitrogens with one attached hydrogen (secondary N) is 1. The van der Waals surface area contributed by atoms with Crippen LogP contribution >= 0.6 is 0 Å². The average Bonchev–Trinajstić information content (AvgIpc) is 2.63. The summed E-state index contributed by atoms with van der Waals surface area (Å²) in [6.45, 7) is 1.06. The van der Waals surface area contributed by atoms with Gasteiger partial charge in [0.1, 0.15) is 5.82 Å². The fourth-order valence-electron chi connectivity index (χ4n) is 3.33. The van der Waals surface area contributed by atoms with Crippen molar-refractivity contribution in [1.29, 1.82) is 0 Å². The number of amides is 1. The molecule has 1 aliphatic rings. The summed E-state index contributed by atoms with van der Waals surface area (Å²) in [5.74, 6) is -0.443. The van der Waals surface area contributed by atoms with Crippen molar-refractivity contribution in [1.82, 2.24) is 5.32 Å².